The number of benzene rings is 1. The summed E-state index contributed by atoms with van der Waals surface area (Å²) < 4.78 is 1.45. The number of thioether (sulfide) groups is 1. The Kier molecular flexibility index (Phi) is 5.65. The maximum atomic E-state index is 12.2. The molecule has 0 aliphatic carbocycles. The lowest BCUT2D eigenvalue weighted by Crippen LogP contribution is -2.18. The minimum absolute atomic E-state index is 0.0859. The minimum atomic E-state index is -0.0859. The molecule has 7 heteroatoms. The van der Waals surface area contributed by atoms with Gasteiger partial charge < -0.3 is 11.2 Å². The van der Waals surface area contributed by atoms with E-state index in [4.69, 9.17) is 5.84 Å². The number of aromatic nitrogens is 3. The topological polar surface area (TPSA) is 85.8 Å². The molecule has 3 N–H and O–H groups in total. The predicted octanol–water partition coefficient (Wildman–Crippen LogP) is 2.97. The van der Waals surface area contributed by atoms with Crippen molar-refractivity contribution in [2.24, 2.45) is 0 Å². The van der Waals surface area contributed by atoms with Crippen molar-refractivity contribution in [3.63, 3.8) is 0 Å². The highest BCUT2D eigenvalue weighted by atomic mass is 32.2. The molecule has 0 bridgehead atoms. The lowest BCUT2D eigenvalue weighted by atomic mass is 10.0. The van der Waals surface area contributed by atoms with Gasteiger partial charge >= 0.3 is 0 Å². The van der Waals surface area contributed by atoms with Gasteiger partial charge in [0, 0.05) is 11.6 Å². The second kappa shape index (κ2) is 7.50. The fourth-order valence-electron chi connectivity index (χ4n) is 2.21. The zero-order valence-corrected chi connectivity index (χ0v) is 14.7. The fourth-order valence-corrected chi connectivity index (χ4v) is 2.87. The number of nitrogens with one attached hydrogen (secondary N) is 1. The highest BCUT2D eigenvalue weighted by molar-refractivity contribution is 7.99. The molecule has 2 aromatic rings. The first-order valence-electron chi connectivity index (χ1n) is 7.62. The smallest absolute Gasteiger partial charge is 0.234 e. The minimum Gasteiger partial charge on any atom is -0.336 e. The van der Waals surface area contributed by atoms with Gasteiger partial charge in [-0.25, -0.2) is 4.68 Å². The summed E-state index contributed by atoms with van der Waals surface area (Å²) in [6.45, 7) is 8.20. The number of amides is 1. The highest BCUT2D eigenvalue weighted by Crippen LogP contribution is 2.24. The lowest BCUT2D eigenvalue weighted by Gasteiger charge is -2.13. The maximum absolute atomic E-state index is 12.2. The molecule has 0 radical (unpaired) electrons. The Morgan fingerprint density at radius 3 is 2.52 bits per heavy atom. The van der Waals surface area contributed by atoms with Gasteiger partial charge in [0.1, 0.15) is 0 Å². The van der Waals surface area contributed by atoms with E-state index in [-0.39, 0.29) is 17.6 Å². The van der Waals surface area contributed by atoms with E-state index < -0.39 is 0 Å². The molecule has 6 nitrogen and oxygen atoms in total. The molecule has 0 fully saturated rings. The molecule has 1 aromatic heterocycles. The van der Waals surface area contributed by atoms with Gasteiger partial charge in [0.15, 0.2) is 5.82 Å². The molecule has 0 saturated heterocycles. The summed E-state index contributed by atoms with van der Waals surface area (Å²) in [6.07, 6.45) is 0. The van der Waals surface area contributed by atoms with Crippen LogP contribution in [0.3, 0.4) is 0 Å². The van der Waals surface area contributed by atoms with Crippen LogP contribution in [0.25, 0.3) is 0 Å². The Balaban J connectivity index is 1.99. The van der Waals surface area contributed by atoms with Gasteiger partial charge in [0.2, 0.25) is 11.1 Å². The van der Waals surface area contributed by atoms with E-state index >= 15 is 0 Å². The summed E-state index contributed by atoms with van der Waals surface area (Å²) in [5.41, 5.74) is 1.97. The van der Waals surface area contributed by atoms with Crippen molar-refractivity contribution in [2.75, 3.05) is 16.9 Å². The zero-order valence-electron chi connectivity index (χ0n) is 13.9. The van der Waals surface area contributed by atoms with Gasteiger partial charge in [-0.2, -0.15) is 0 Å². The summed E-state index contributed by atoms with van der Waals surface area (Å²) >= 11 is 1.28. The Labute approximate surface area is 140 Å². The van der Waals surface area contributed by atoms with E-state index in [2.05, 4.69) is 29.4 Å². The van der Waals surface area contributed by atoms with Gasteiger partial charge in [-0.05, 0) is 17.5 Å². The van der Waals surface area contributed by atoms with Crippen LogP contribution < -0.4 is 11.2 Å². The number of nitrogens with zero attached hydrogens (tertiary/aromatic N) is 3. The van der Waals surface area contributed by atoms with Gasteiger partial charge in [0.05, 0.1) is 5.75 Å². The Bertz CT molecular complexity index is 681. The van der Waals surface area contributed by atoms with Crippen molar-refractivity contribution in [1.82, 2.24) is 14.9 Å². The Hall–Kier alpha value is -2.02. The average Bonchev–Trinajstić information content (AvgIpc) is 2.86. The monoisotopic (exact) mass is 333 g/mol. The van der Waals surface area contributed by atoms with E-state index in [1.165, 1.54) is 16.4 Å². The Morgan fingerprint density at radius 2 is 1.91 bits per heavy atom. The summed E-state index contributed by atoms with van der Waals surface area (Å²) in [7, 11) is 0. The molecule has 1 heterocycles. The molecular formula is C16H23N5OS. The van der Waals surface area contributed by atoms with Crippen LogP contribution in [0.4, 0.5) is 5.69 Å². The Morgan fingerprint density at radius 1 is 1.22 bits per heavy atom. The first-order chi connectivity index (χ1) is 10.9. The van der Waals surface area contributed by atoms with Crippen molar-refractivity contribution >= 4 is 23.4 Å². The van der Waals surface area contributed by atoms with E-state index in [1.807, 2.05) is 38.1 Å². The number of carbonyl (C=O) groups excluding carboxylic acids is 1. The second-order valence-corrected chi connectivity index (χ2v) is 6.89. The van der Waals surface area contributed by atoms with Crippen LogP contribution in [0.5, 0.6) is 0 Å². The molecule has 2 rings (SSSR count). The lowest BCUT2D eigenvalue weighted by molar-refractivity contribution is -0.113. The molecule has 1 amide bonds. The molecular weight excluding hydrogens is 310 g/mol. The van der Waals surface area contributed by atoms with E-state index in [1.54, 1.807) is 0 Å². The molecule has 0 aliphatic heterocycles. The van der Waals surface area contributed by atoms with E-state index in [0.717, 1.165) is 11.3 Å². The van der Waals surface area contributed by atoms with Gasteiger partial charge in [-0.15, -0.1) is 10.2 Å². The number of hydrogen-bond donors (Lipinski definition) is 2. The number of nitrogen functional groups attached to an aromatic ring is 1. The number of para-hydroxylation sites is 1. The molecule has 124 valence electrons. The first-order valence-corrected chi connectivity index (χ1v) is 8.60. The third-order valence-corrected chi connectivity index (χ3v) is 4.34. The number of rotatable bonds is 6. The number of anilines is 1. The highest BCUT2D eigenvalue weighted by Gasteiger charge is 2.15. The SMILES string of the molecule is CC(C)c1ccccc1NC(=O)CSc1nnc(C(C)C)n1N. The molecule has 23 heavy (non-hydrogen) atoms. The summed E-state index contributed by atoms with van der Waals surface area (Å²) in [4.78, 5) is 12.2. The quantitative estimate of drug-likeness (QED) is 0.627. The summed E-state index contributed by atoms with van der Waals surface area (Å²) in [5, 5.41) is 11.6. The van der Waals surface area contributed by atoms with Crippen molar-refractivity contribution in [3.8, 4) is 0 Å². The van der Waals surface area contributed by atoms with Crippen LogP contribution in [0.15, 0.2) is 29.4 Å². The predicted molar refractivity (Wildman–Crippen MR) is 94.1 cm³/mol. The van der Waals surface area contributed by atoms with Crippen LogP contribution in [0.1, 0.15) is 50.9 Å². The van der Waals surface area contributed by atoms with E-state index in [9.17, 15) is 4.79 Å². The van der Waals surface area contributed by atoms with Crippen LogP contribution in [0.2, 0.25) is 0 Å². The standard InChI is InChI=1S/C16H23N5OS/c1-10(2)12-7-5-6-8-13(12)18-14(22)9-23-16-20-19-15(11(3)4)21(16)17/h5-8,10-11H,9,17H2,1-4H3,(H,18,22). The van der Waals surface area contributed by atoms with Crippen molar-refractivity contribution in [1.29, 1.82) is 0 Å². The summed E-state index contributed by atoms with van der Waals surface area (Å²) in [5.74, 6) is 7.34. The molecule has 0 unspecified atom stereocenters. The van der Waals surface area contributed by atoms with Gasteiger partial charge in [0.25, 0.3) is 0 Å². The molecule has 0 atom stereocenters. The van der Waals surface area contributed by atoms with Gasteiger partial charge in [-0.1, -0.05) is 57.7 Å². The normalized spacial score (nSPS) is 11.2. The molecule has 1 aromatic carbocycles. The first kappa shape index (κ1) is 17.3. The fraction of sp³-hybridized carbons (Fsp3) is 0.438. The molecule has 0 spiro atoms. The van der Waals surface area contributed by atoms with Crippen LogP contribution in [-0.2, 0) is 4.79 Å². The third kappa shape index (κ3) is 4.25. The van der Waals surface area contributed by atoms with Crippen molar-refractivity contribution < 1.29 is 4.79 Å². The number of carbonyl (C=O) groups is 1. The number of nitrogens with two attached hydrogens (primary N) is 1. The van der Waals surface area contributed by atoms with Gasteiger partial charge in [-0.3, -0.25) is 4.79 Å². The van der Waals surface area contributed by atoms with Crippen LogP contribution >= 0.6 is 11.8 Å². The maximum Gasteiger partial charge on any atom is 0.234 e. The molecule has 0 saturated carbocycles. The average molecular weight is 333 g/mol. The van der Waals surface area contributed by atoms with Crippen molar-refractivity contribution in [2.45, 2.75) is 44.7 Å². The second-order valence-electron chi connectivity index (χ2n) is 5.94. The molecule has 0 aliphatic rings. The van der Waals surface area contributed by atoms with Crippen LogP contribution in [-0.4, -0.2) is 26.5 Å². The zero-order chi connectivity index (χ0) is 17.0. The van der Waals surface area contributed by atoms with Crippen LogP contribution in [0, 0.1) is 0 Å². The number of hydrogen-bond acceptors (Lipinski definition) is 5. The summed E-state index contributed by atoms with van der Waals surface area (Å²) in [6, 6.07) is 7.84. The largest absolute Gasteiger partial charge is 0.336 e. The van der Waals surface area contributed by atoms with Crippen molar-refractivity contribution in [3.05, 3.63) is 35.7 Å². The van der Waals surface area contributed by atoms with E-state index in [0.29, 0.717) is 16.9 Å². The third-order valence-electron chi connectivity index (χ3n) is 3.40.